The van der Waals surface area contributed by atoms with Gasteiger partial charge in [0.25, 0.3) is 0 Å². The van der Waals surface area contributed by atoms with Crippen LogP contribution in [0.2, 0.25) is 0 Å². The van der Waals surface area contributed by atoms with Gasteiger partial charge in [0.1, 0.15) is 11.6 Å². The summed E-state index contributed by atoms with van der Waals surface area (Å²) < 4.78 is 5.38. The number of aromatic nitrogens is 3. The smallest absolute Gasteiger partial charge is 0.341 e. The minimum atomic E-state index is -1.02. The van der Waals surface area contributed by atoms with Crippen LogP contribution in [0.3, 0.4) is 0 Å². The number of carbonyl (C=O) groups is 1. The van der Waals surface area contributed by atoms with Gasteiger partial charge in [-0.05, 0) is 25.1 Å². The number of hydrogen-bond donors (Lipinski definition) is 3. The number of esters is 1. The normalized spacial score (nSPS) is 13.1. The molecule has 28 heavy (non-hydrogen) atoms. The topological polar surface area (TPSA) is 115 Å². The molecule has 0 amide bonds. The third-order valence-corrected chi connectivity index (χ3v) is 4.47. The van der Waals surface area contributed by atoms with E-state index in [2.05, 4.69) is 15.0 Å². The minimum absolute atomic E-state index is 0.0737. The van der Waals surface area contributed by atoms with Crippen molar-refractivity contribution in [3.63, 3.8) is 0 Å². The van der Waals surface area contributed by atoms with E-state index >= 15 is 0 Å². The van der Waals surface area contributed by atoms with E-state index in [1.807, 2.05) is 42.5 Å². The number of nitrogens with one attached hydrogen (secondary N) is 2. The fourth-order valence-corrected chi connectivity index (χ4v) is 3.03. The molecule has 4 rings (SSSR count). The SMILES string of the molecule is C[C@H](OC(=O)c1c[nH]c2ccccc12)/C(O)=C(\C#N)c1nc2ccccc2[nH]1. The van der Waals surface area contributed by atoms with Crippen molar-refractivity contribution in [1.82, 2.24) is 15.0 Å². The highest BCUT2D eigenvalue weighted by Gasteiger charge is 2.23. The van der Waals surface area contributed by atoms with Gasteiger partial charge in [-0.2, -0.15) is 5.26 Å². The van der Waals surface area contributed by atoms with Gasteiger partial charge in [0, 0.05) is 17.1 Å². The highest BCUT2D eigenvalue weighted by atomic mass is 16.6. The maximum atomic E-state index is 12.5. The van der Waals surface area contributed by atoms with Crippen LogP contribution in [0, 0.1) is 11.3 Å². The van der Waals surface area contributed by atoms with Crippen molar-refractivity contribution in [3.05, 3.63) is 71.9 Å². The van der Waals surface area contributed by atoms with Crippen molar-refractivity contribution < 1.29 is 14.6 Å². The van der Waals surface area contributed by atoms with E-state index in [0.717, 1.165) is 16.4 Å². The lowest BCUT2D eigenvalue weighted by Gasteiger charge is -2.13. The zero-order valence-electron chi connectivity index (χ0n) is 14.9. The summed E-state index contributed by atoms with van der Waals surface area (Å²) in [4.78, 5) is 22.9. The molecule has 7 nitrogen and oxygen atoms in total. The largest absolute Gasteiger partial charge is 0.507 e. The summed E-state index contributed by atoms with van der Waals surface area (Å²) in [5, 5.41) is 20.8. The maximum absolute atomic E-state index is 12.5. The number of para-hydroxylation sites is 3. The van der Waals surface area contributed by atoms with Gasteiger partial charge < -0.3 is 19.8 Å². The Hall–Kier alpha value is -4.05. The van der Waals surface area contributed by atoms with Crippen LogP contribution in [0.15, 0.2) is 60.5 Å². The summed E-state index contributed by atoms with van der Waals surface area (Å²) in [7, 11) is 0. The van der Waals surface area contributed by atoms with E-state index in [4.69, 9.17) is 4.74 Å². The summed E-state index contributed by atoms with van der Waals surface area (Å²) in [6.07, 6.45) is 0.536. The molecule has 0 radical (unpaired) electrons. The van der Waals surface area contributed by atoms with Gasteiger partial charge in [-0.25, -0.2) is 9.78 Å². The molecule has 0 aliphatic carbocycles. The first kappa shape index (κ1) is 17.4. The number of fused-ring (bicyclic) bond motifs is 2. The van der Waals surface area contributed by atoms with Gasteiger partial charge in [-0.3, -0.25) is 0 Å². The Morgan fingerprint density at radius 3 is 2.64 bits per heavy atom. The monoisotopic (exact) mass is 372 g/mol. The van der Waals surface area contributed by atoms with Gasteiger partial charge >= 0.3 is 5.97 Å². The molecule has 0 saturated heterocycles. The summed E-state index contributed by atoms with van der Waals surface area (Å²) in [5.74, 6) is -0.746. The summed E-state index contributed by atoms with van der Waals surface area (Å²) in [5.41, 5.74) is 2.50. The van der Waals surface area contributed by atoms with Gasteiger partial charge in [-0.15, -0.1) is 0 Å². The Kier molecular flexibility index (Phi) is 4.30. The maximum Gasteiger partial charge on any atom is 0.341 e. The van der Waals surface area contributed by atoms with Crippen molar-refractivity contribution in [3.8, 4) is 6.07 Å². The van der Waals surface area contributed by atoms with E-state index in [1.54, 1.807) is 18.3 Å². The summed E-state index contributed by atoms with van der Waals surface area (Å²) >= 11 is 0. The number of H-pyrrole nitrogens is 2. The van der Waals surface area contributed by atoms with Crippen LogP contribution in [0.25, 0.3) is 27.5 Å². The molecule has 0 saturated carbocycles. The lowest BCUT2D eigenvalue weighted by molar-refractivity contribution is 0.0336. The average Bonchev–Trinajstić information content (AvgIpc) is 3.32. The highest BCUT2D eigenvalue weighted by molar-refractivity contribution is 6.04. The molecule has 0 aliphatic rings. The van der Waals surface area contributed by atoms with Gasteiger partial charge in [-0.1, -0.05) is 30.3 Å². The van der Waals surface area contributed by atoms with Crippen LogP contribution >= 0.6 is 0 Å². The molecule has 0 aliphatic heterocycles. The zero-order chi connectivity index (χ0) is 19.7. The van der Waals surface area contributed by atoms with Crippen LogP contribution in [-0.2, 0) is 4.74 Å². The fourth-order valence-electron chi connectivity index (χ4n) is 3.03. The van der Waals surface area contributed by atoms with Crippen molar-refractivity contribution in [2.24, 2.45) is 0 Å². The molecule has 2 aromatic heterocycles. The average molecular weight is 372 g/mol. The molecule has 138 valence electrons. The number of imidazole rings is 1. The van der Waals surface area contributed by atoms with Crippen molar-refractivity contribution >= 4 is 33.5 Å². The van der Waals surface area contributed by atoms with Gasteiger partial charge in [0.2, 0.25) is 0 Å². The summed E-state index contributed by atoms with van der Waals surface area (Å²) in [6, 6.07) is 16.5. The molecule has 7 heteroatoms. The number of allylic oxidation sites excluding steroid dienone is 1. The number of aliphatic hydroxyl groups is 1. The lowest BCUT2D eigenvalue weighted by Crippen LogP contribution is -2.18. The minimum Gasteiger partial charge on any atom is -0.507 e. The molecule has 4 aromatic rings. The molecular weight excluding hydrogens is 356 g/mol. The molecule has 0 unspecified atom stereocenters. The number of carbonyl (C=O) groups excluding carboxylic acids is 1. The second-order valence-corrected chi connectivity index (χ2v) is 6.27. The Morgan fingerprint density at radius 2 is 1.89 bits per heavy atom. The van der Waals surface area contributed by atoms with E-state index in [0.29, 0.717) is 11.1 Å². The Morgan fingerprint density at radius 1 is 1.18 bits per heavy atom. The van der Waals surface area contributed by atoms with Gasteiger partial charge in [0.05, 0.1) is 16.6 Å². The molecule has 1 atom stereocenters. The quantitative estimate of drug-likeness (QED) is 0.284. The number of benzene rings is 2. The van der Waals surface area contributed by atoms with Crippen molar-refractivity contribution in [2.75, 3.05) is 0 Å². The second-order valence-electron chi connectivity index (χ2n) is 6.27. The first-order valence-corrected chi connectivity index (χ1v) is 8.64. The number of nitrogens with zero attached hydrogens (tertiary/aromatic N) is 2. The predicted molar refractivity (Wildman–Crippen MR) is 104 cm³/mol. The number of rotatable bonds is 4. The van der Waals surface area contributed by atoms with E-state index in [1.165, 1.54) is 6.92 Å². The molecule has 2 heterocycles. The fraction of sp³-hybridized carbons (Fsp3) is 0.0952. The van der Waals surface area contributed by atoms with Crippen molar-refractivity contribution in [1.29, 1.82) is 5.26 Å². The Balaban J connectivity index is 1.62. The first-order valence-electron chi connectivity index (χ1n) is 8.64. The molecule has 0 fully saturated rings. The Bertz CT molecular complexity index is 1230. The van der Waals surface area contributed by atoms with Crippen LogP contribution in [0.1, 0.15) is 23.1 Å². The lowest BCUT2D eigenvalue weighted by atomic mass is 10.1. The number of ether oxygens (including phenoxy) is 1. The van der Waals surface area contributed by atoms with Crippen LogP contribution < -0.4 is 0 Å². The van der Waals surface area contributed by atoms with Crippen molar-refractivity contribution in [2.45, 2.75) is 13.0 Å². The first-order chi connectivity index (χ1) is 13.6. The number of aliphatic hydroxyl groups excluding tert-OH is 1. The number of aromatic amines is 2. The van der Waals surface area contributed by atoms with Crippen LogP contribution in [0.5, 0.6) is 0 Å². The Labute approximate surface area is 159 Å². The zero-order valence-corrected chi connectivity index (χ0v) is 14.9. The molecule has 0 spiro atoms. The van der Waals surface area contributed by atoms with E-state index < -0.39 is 12.1 Å². The summed E-state index contributed by atoms with van der Waals surface area (Å²) in [6.45, 7) is 1.50. The van der Waals surface area contributed by atoms with Crippen LogP contribution in [-0.4, -0.2) is 32.1 Å². The number of hydrogen-bond acceptors (Lipinski definition) is 5. The second kappa shape index (κ2) is 6.93. The number of nitriles is 1. The third-order valence-electron chi connectivity index (χ3n) is 4.47. The third kappa shape index (κ3) is 2.97. The molecule has 2 aromatic carbocycles. The van der Waals surface area contributed by atoms with Crippen LogP contribution in [0.4, 0.5) is 0 Å². The standard InChI is InChI=1S/C21H16N4O3/c1-12(28-21(27)15-11-23-16-7-3-2-6-13(15)16)19(26)14(10-22)20-24-17-8-4-5-9-18(17)25-20/h2-9,11-12,23,26H,1H3,(H,24,25)/b19-14-/t12-/m0/s1. The molecular formula is C21H16N4O3. The van der Waals surface area contributed by atoms with E-state index in [9.17, 15) is 15.2 Å². The highest BCUT2D eigenvalue weighted by Crippen LogP contribution is 2.23. The predicted octanol–water partition coefficient (Wildman–Crippen LogP) is 4.08. The molecule has 3 N–H and O–H groups in total. The van der Waals surface area contributed by atoms with Gasteiger partial charge in [0.15, 0.2) is 17.7 Å². The van der Waals surface area contributed by atoms with E-state index in [-0.39, 0.29) is 17.2 Å². The molecule has 0 bridgehead atoms.